The average molecular weight is 408 g/mol. The summed E-state index contributed by atoms with van der Waals surface area (Å²) in [6.07, 6.45) is 1.51. The Hall–Kier alpha value is -4.32. The van der Waals surface area contributed by atoms with E-state index in [1.165, 1.54) is 6.21 Å². The highest BCUT2D eigenvalue weighted by molar-refractivity contribution is 6.04. The Kier molecular flexibility index (Phi) is 5.80. The summed E-state index contributed by atoms with van der Waals surface area (Å²) in [5.41, 5.74) is 6.56. The molecule has 0 bridgehead atoms. The lowest BCUT2D eigenvalue weighted by Crippen LogP contribution is -2.19. The Balaban J connectivity index is 1.40. The van der Waals surface area contributed by atoms with Crippen LogP contribution in [0, 0.1) is 6.92 Å². The molecule has 0 spiro atoms. The molecule has 31 heavy (non-hydrogen) atoms. The highest BCUT2D eigenvalue weighted by Gasteiger charge is 2.08. The number of amides is 2. The highest BCUT2D eigenvalue weighted by atomic mass is 16.2. The third-order valence-electron chi connectivity index (χ3n) is 4.67. The molecule has 6 nitrogen and oxygen atoms in total. The molecular formula is C25H20N4O2. The molecule has 0 aliphatic heterocycles. The van der Waals surface area contributed by atoms with Gasteiger partial charge in [0.25, 0.3) is 11.8 Å². The molecule has 6 heteroatoms. The molecule has 4 aromatic rings. The normalized spacial score (nSPS) is 10.9. The van der Waals surface area contributed by atoms with Gasteiger partial charge in [0.2, 0.25) is 0 Å². The van der Waals surface area contributed by atoms with Gasteiger partial charge in [-0.3, -0.25) is 9.59 Å². The maximum atomic E-state index is 12.4. The minimum absolute atomic E-state index is 0.190. The fourth-order valence-electron chi connectivity index (χ4n) is 3.02. The Morgan fingerprint density at radius 3 is 2.52 bits per heavy atom. The van der Waals surface area contributed by atoms with Crippen molar-refractivity contribution < 1.29 is 9.59 Å². The zero-order valence-electron chi connectivity index (χ0n) is 16.9. The molecule has 0 radical (unpaired) electrons. The summed E-state index contributed by atoms with van der Waals surface area (Å²) in [6, 6.07) is 25.6. The number of rotatable bonds is 5. The van der Waals surface area contributed by atoms with Crippen LogP contribution in [0.15, 0.2) is 90.0 Å². The maximum absolute atomic E-state index is 12.4. The van der Waals surface area contributed by atoms with Crippen molar-refractivity contribution in [2.24, 2.45) is 5.10 Å². The van der Waals surface area contributed by atoms with Crippen molar-refractivity contribution in [3.05, 3.63) is 107 Å². The van der Waals surface area contributed by atoms with Crippen molar-refractivity contribution in [2.45, 2.75) is 6.92 Å². The second-order valence-corrected chi connectivity index (χ2v) is 7.03. The third kappa shape index (κ3) is 5.00. The summed E-state index contributed by atoms with van der Waals surface area (Å²) in [7, 11) is 0. The van der Waals surface area contributed by atoms with Crippen molar-refractivity contribution in [2.75, 3.05) is 5.32 Å². The number of carbonyl (C=O) groups excluding carboxylic acids is 2. The molecule has 1 heterocycles. The minimum atomic E-state index is -0.397. The number of anilines is 1. The average Bonchev–Trinajstić information content (AvgIpc) is 2.79. The molecule has 2 N–H and O–H groups in total. The number of hydrogen-bond donors (Lipinski definition) is 2. The van der Waals surface area contributed by atoms with Crippen LogP contribution in [-0.4, -0.2) is 23.0 Å². The Morgan fingerprint density at radius 1 is 0.871 bits per heavy atom. The largest absolute Gasteiger partial charge is 0.322 e. The Bertz CT molecular complexity index is 1280. The first-order valence-corrected chi connectivity index (χ1v) is 9.76. The van der Waals surface area contributed by atoms with Crippen molar-refractivity contribution in [1.82, 2.24) is 10.4 Å². The van der Waals surface area contributed by atoms with Gasteiger partial charge in [0.05, 0.1) is 11.7 Å². The standard InChI is InChI=1S/C25H20N4O2/c1-17-9-11-20(12-10-17)24(30)27-21-7-4-5-18(15-21)16-26-29-25(31)23-14-13-19-6-2-3-8-22(19)28-23/h2-16H,1H3,(H,27,30)(H,29,31)/b26-16+. The number of aryl methyl sites for hydroxylation is 1. The van der Waals surface area contributed by atoms with Crippen molar-refractivity contribution in [3.8, 4) is 0 Å². The second-order valence-electron chi connectivity index (χ2n) is 7.03. The van der Waals surface area contributed by atoms with Crippen LogP contribution in [0.4, 0.5) is 5.69 Å². The number of benzene rings is 3. The van der Waals surface area contributed by atoms with Crippen LogP contribution in [0.2, 0.25) is 0 Å². The van der Waals surface area contributed by atoms with Crippen molar-refractivity contribution in [1.29, 1.82) is 0 Å². The van der Waals surface area contributed by atoms with E-state index in [1.807, 2.05) is 55.5 Å². The lowest BCUT2D eigenvalue weighted by Gasteiger charge is -2.06. The van der Waals surface area contributed by atoms with E-state index in [1.54, 1.807) is 36.4 Å². The lowest BCUT2D eigenvalue weighted by molar-refractivity contribution is 0.0949. The molecule has 0 unspecified atom stereocenters. The lowest BCUT2D eigenvalue weighted by atomic mass is 10.1. The van der Waals surface area contributed by atoms with Crippen LogP contribution in [0.1, 0.15) is 32.0 Å². The molecule has 1 aromatic heterocycles. The number of para-hydroxylation sites is 1. The molecule has 3 aromatic carbocycles. The molecule has 4 rings (SSSR count). The van der Waals surface area contributed by atoms with Crippen LogP contribution in [0.25, 0.3) is 10.9 Å². The van der Waals surface area contributed by atoms with E-state index >= 15 is 0 Å². The number of pyridine rings is 1. The highest BCUT2D eigenvalue weighted by Crippen LogP contribution is 2.13. The predicted molar refractivity (Wildman–Crippen MR) is 122 cm³/mol. The fraction of sp³-hybridized carbons (Fsp3) is 0.0400. The van der Waals surface area contributed by atoms with Gasteiger partial charge < -0.3 is 5.32 Å². The molecule has 0 aliphatic rings. The summed E-state index contributed by atoms with van der Waals surface area (Å²) in [5, 5.41) is 7.84. The molecule has 0 aliphatic carbocycles. The molecular weight excluding hydrogens is 388 g/mol. The van der Waals surface area contributed by atoms with Crippen LogP contribution in [-0.2, 0) is 0 Å². The van der Waals surface area contributed by atoms with Gasteiger partial charge in [0, 0.05) is 16.6 Å². The van der Waals surface area contributed by atoms with Crippen LogP contribution >= 0.6 is 0 Å². The van der Waals surface area contributed by atoms with Crippen LogP contribution < -0.4 is 10.7 Å². The molecule has 0 fully saturated rings. The van der Waals surface area contributed by atoms with E-state index < -0.39 is 5.91 Å². The van der Waals surface area contributed by atoms with Gasteiger partial charge in [-0.1, -0.05) is 54.1 Å². The molecule has 0 saturated heterocycles. The van der Waals surface area contributed by atoms with E-state index in [2.05, 4.69) is 20.8 Å². The monoisotopic (exact) mass is 408 g/mol. The Morgan fingerprint density at radius 2 is 1.68 bits per heavy atom. The SMILES string of the molecule is Cc1ccc(C(=O)Nc2cccc(/C=N/NC(=O)c3ccc4ccccc4n3)c2)cc1. The number of hydrazone groups is 1. The van der Waals surface area contributed by atoms with Crippen molar-refractivity contribution in [3.63, 3.8) is 0 Å². The van der Waals surface area contributed by atoms with Gasteiger partial charge in [-0.15, -0.1) is 0 Å². The second kappa shape index (κ2) is 9.00. The van der Waals surface area contributed by atoms with E-state index in [-0.39, 0.29) is 11.6 Å². The zero-order chi connectivity index (χ0) is 21.6. The number of nitrogens with one attached hydrogen (secondary N) is 2. The number of carbonyl (C=O) groups is 2. The zero-order valence-corrected chi connectivity index (χ0v) is 16.9. The Labute approximate surface area is 179 Å². The number of nitrogens with zero attached hydrogens (tertiary/aromatic N) is 2. The van der Waals surface area contributed by atoms with Gasteiger partial charge >= 0.3 is 0 Å². The van der Waals surface area contributed by atoms with Gasteiger partial charge in [-0.2, -0.15) is 5.10 Å². The predicted octanol–water partition coefficient (Wildman–Crippen LogP) is 4.56. The number of aromatic nitrogens is 1. The van der Waals surface area contributed by atoms with E-state index in [0.29, 0.717) is 11.3 Å². The smallest absolute Gasteiger partial charge is 0.289 e. The van der Waals surface area contributed by atoms with Crippen LogP contribution in [0.3, 0.4) is 0 Å². The molecule has 0 atom stereocenters. The van der Waals surface area contributed by atoms with Crippen molar-refractivity contribution >= 4 is 34.6 Å². The molecule has 152 valence electrons. The fourth-order valence-corrected chi connectivity index (χ4v) is 3.02. The first-order valence-electron chi connectivity index (χ1n) is 9.76. The van der Waals surface area contributed by atoms with Gasteiger partial charge in [0.1, 0.15) is 5.69 Å². The van der Waals surface area contributed by atoms with E-state index in [0.717, 1.165) is 22.0 Å². The summed E-state index contributed by atoms with van der Waals surface area (Å²) in [4.78, 5) is 29.1. The first kappa shape index (κ1) is 20.0. The minimum Gasteiger partial charge on any atom is -0.322 e. The quantitative estimate of drug-likeness (QED) is 0.375. The summed E-state index contributed by atoms with van der Waals surface area (Å²) in [5.74, 6) is -0.587. The molecule has 0 saturated carbocycles. The van der Waals surface area contributed by atoms with Gasteiger partial charge in [-0.05, 0) is 48.9 Å². The summed E-state index contributed by atoms with van der Waals surface area (Å²) < 4.78 is 0. The van der Waals surface area contributed by atoms with Gasteiger partial charge in [-0.25, -0.2) is 10.4 Å². The number of fused-ring (bicyclic) bond motifs is 1. The topological polar surface area (TPSA) is 83.5 Å². The first-order chi connectivity index (χ1) is 15.1. The molecule has 2 amide bonds. The summed E-state index contributed by atoms with van der Waals surface area (Å²) in [6.45, 7) is 1.97. The van der Waals surface area contributed by atoms with E-state index in [9.17, 15) is 9.59 Å². The number of hydrogen-bond acceptors (Lipinski definition) is 4. The van der Waals surface area contributed by atoms with Crippen LogP contribution in [0.5, 0.6) is 0 Å². The van der Waals surface area contributed by atoms with E-state index in [4.69, 9.17) is 0 Å². The third-order valence-corrected chi connectivity index (χ3v) is 4.67. The summed E-state index contributed by atoms with van der Waals surface area (Å²) >= 11 is 0. The van der Waals surface area contributed by atoms with Gasteiger partial charge in [0.15, 0.2) is 0 Å². The maximum Gasteiger partial charge on any atom is 0.289 e.